The number of para-hydroxylation sites is 2. The molecule has 0 aliphatic heterocycles. The highest BCUT2D eigenvalue weighted by Gasteiger charge is 2.18. The Kier molecular flexibility index (Phi) is 7.53. The van der Waals surface area contributed by atoms with E-state index in [2.05, 4.69) is 205 Å². The van der Waals surface area contributed by atoms with E-state index in [-0.39, 0.29) is 0 Å². The summed E-state index contributed by atoms with van der Waals surface area (Å²) >= 11 is 0. The van der Waals surface area contributed by atoms with Crippen molar-refractivity contribution in [3.8, 4) is 33.4 Å². The minimum Gasteiger partial charge on any atom is -0.455 e. The molecule has 2 heteroatoms. The standard InChI is InChI=1S/C54H35NO/c1-2-13-38-32-40(27-26-36(38)12-1)39-15-9-17-44(33-39)55(43-30-28-37(29-31-43)47-23-11-24-51-50-22-7-8-25-53(50)56-54(47)51)45-18-10-16-41(34-45)52-35-42-14-3-4-19-46(42)48-20-5-6-21-49(48)52/h1-35H. The molecule has 56 heavy (non-hydrogen) atoms. The Bertz CT molecular complexity index is 3260. The first-order chi connectivity index (χ1) is 27.7. The van der Waals surface area contributed by atoms with Gasteiger partial charge in [0.15, 0.2) is 0 Å². The molecular formula is C54H35NO. The van der Waals surface area contributed by atoms with E-state index in [1.165, 1.54) is 54.6 Å². The van der Waals surface area contributed by atoms with Crippen LogP contribution in [0.1, 0.15) is 0 Å². The Labute approximate surface area is 325 Å². The summed E-state index contributed by atoms with van der Waals surface area (Å²) in [7, 11) is 0. The molecule has 11 rings (SSSR count). The first kappa shape index (κ1) is 32.0. The van der Waals surface area contributed by atoms with Crippen LogP contribution in [0.15, 0.2) is 217 Å². The van der Waals surface area contributed by atoms with Gasteiger partial charge >= 0.3 is 0 Å². The third-order valence-corrected chi connectivity index (χ3v) is 11.2. The maximum absolute atomic E-state index is 6.44. The summed E-state index contributed by atoms with van der Waals surface area (Å²) in [5.74, 6) is 0. The minimum absolute atomic E-state index is 0.906. The molecular weight excluding hydrogens is 679 g/mol. The van der Waals surface area contributed by atoms with Gasteiger partial charge in [0, 0.05) is 33.4 Å². The normalized spacial score (nSPS) is 11.6. The van der Waals surface area contributed by atoms with Crippen LogP contribution in [0.5, 0.6) is 0 Å². The van der Waals surface area contributed by atoms with Crippen LogP contribution in [0, 0.1) is 0 Å². The first-order valence-electron chi connectivity index (χ1n) is 19.2. The van der Waals surface area contributed by atoms with Crippen LogP contribution in [-0.2, 0) is 0 Å². The maximum atomic E-state index is 6.44. The van der Waals surface area contributed by atoms with Gasteiger partial charge in [-0.05, 0) is 115 Å². The van der Waals surface area contributed by atoms with Crippen LogP contribution in [0.25, 0.3) is 87.6 Å². The molecule has 0 unspecified atom stereocenters. The number of benzene rings is 10. The number of fused-ring (bicyclic) bond motifs is 7. The Balaban J connectivity index is 1.07. The fourth-order valence-corrected chi connectivity index (χ4v) is 8.51. The second kappa shape index (κ2) is 13.2. The van der Waals surface area contributed by atoms with Crippen molar-refractivity contribution in [3.05, 3.63) is 212 Å². The monoisotopic (exact) mass is 713 g/mol. The van der Waals surface area contributed by atoms with E-state index in [1.54, 1.807) is 0 Å². The quantitative estimate of drug-likeness (QED) is 0.160. The van der Waals surface area contributed by atoms with Gasteiger partial charge in [-0.1, -0.05) is 158 Å². The lowest BCUT2D eigenvalue weighted by atomic mass is 9.93. The predicted molar refractivity (Wildman–Crippen MR) is 237 cm³/mol. The Morgan fingerprint density at radius 2 is 0.875 bits per heavy atom. The Hall–Kier alpha value is -7.42. The lowest BCUT2D eigenvalue weighted by Crippen LogP contribution is -2.10. The first-order valence-corrected chi connectivity index (χ1v) is 19.2. The molecule has 1 aromatic heterocycles. The number of anilines is 3. The zero-order chi connectivity index (χ0) is 37.0. The van der Waals surface area contributed by atoms with Crippen molar-refractivity contribution in [1.29, 1.82) is 0 Å². The van der Waals surface area contributed by atoms with Gasteiger partial charge in [0.25, 0.3) is 0 Å². The molecule has 0 atom stereocenters. The molecule has 10 aromatic carbocycles. The molecule has 262 valence electrons. The van der Waals surface area contributed by atoms with Crippen molar-refractivity contribution in [2.24, 2.45) is 0 Å². The summed E-state index contributed by atoms with van der Waals surface area (Å²) in [6, 6.07) is 76.6. The van der Waals surface area contributed by atoms with Gasteiger partial charge in [0.2, 0.25) is 0 Å². The van der Waals surface area contributed by atoms with E-state index in [0.717, 1.165) is 50.1 Å². The third kappa shape index (κ3) is 5.42. The summed E-state index contributed by atoms with van der Waals surface area (Å²) < 4.78 is 6.44. The van der Waals surface area contributed by atoms with Crippen molar-refractivity contribution >= 4 is 71.3 Å². The molecule has 0 N–H and O–H groups in total. The Morgan fingerprint density at radius 3 is 1.70 bits per heavy atom. The largest absolute Gasteiger partial charge is 0.455 e. The Morgan fingerprint density at radius 1 is 0.286 bits per heavy atom. The van der Waals surface area contributed by atoms with Gasteiger partial charge in [-0.2, -0.15) is 0 Å². The molecule has 11 aromatic rings. The highest BCUT2D eigenvalue weighted by atomic mass is 16.3. The lowest BCUT2D eigenvalue weighted by molar-refractivity contribution is 0.670. The highest BCUT2D eigenvalue weighted by molar-refractivity contribution is 6.14. The zero-order valence-electron chi connectivity index (χ0n) is 30.6. The van der Waals surface area contributed by atoms with Gasteiger partial charge in [-0.15, -0.1) is 0 Å². The van der Waals surface area contributed by atoms with Gasteiger partial charge in [0.05, 0.1) is 0 Å². The highest BCUT2D eigenvalue weighted by Crippen LogP contribution is 2.42. The van der Waals surface area contributed by atoms with Crippen molar-refractivity contribution in [3.63, 3.8) is 0 Å². The fourth-order valence-electron chi connectivity index (χ4n) is 8.51. The SMILES string of the molecule is c1cc(-c2ccc3ccccc3c2)cc(N(c2ccc(-c3cccc4c3oc3ccccc34)cc2)c2cccc(-c3cc4ccccc4c4ccccc34)c2)c1. The third-order valence-electron chi connectivity index (χ3n) is 11.2. The topological polar surface area (TPSA) is 16.4 Å². The molecule has 0 radical (unpaired) electrons. The summed E-state index contributed by atoms with van der Waals surface area (Å²) in [6.07, 6.45) is 0. The van der Waals surface area contributed by atoms with Gasteiger partial charge in [-0.25, -0.2) is 0 Å². The molecule has 0 spiro atoms. The maximum Gasteiger partial charge on any atom is 0.143 e. The van der Waals surface area contributed by atoms with Crippen molar-refractivity contribution < 1.29 is 4.42 Å². The lowest BCUT2D eigenvalue weighted by Gasteiger charge is -2.27. The van der Waals surface area contributed by atoms with Crippen LogP contribution < -0.4 is 4.90 Å². The zero-order valence-corrected chi connectivity index (χ0v) is 30.6. The summed E-state index contributed by atoms with van der Waals surface area (Å²) in [6.45, 7) is 0. The summed E-state index contributed by atoms with van der Waals surface area (Å²) in [4.78, 5) is 2.38. The number of nitrogens with zero attached hydrogens (tertiary/aromatic N) is 1. The number of rotatable bonds is 6. The molecule has 1 heterocycles. The van der Waals surface area contributed by atoms with E-state index in [4.69, 9.17) is 4.42 Å². The molecule has 0 amide bonds. The fraction of sp³-hybridized carbons (Fsp3) is 0. The van der Waals surface area contributed by atoms with Gasteiger partial charge in [0.1, 0.15) is 11.2 Å². The second-order valence-electron chi connectivity index (χ2n) is 14.5. The second-order valence-corrected chi connectivity index (χ2v) is 14.5. The van der Waals surface area contributed by atoms with Crippen LogP contribution >= 0.6 is 0 Å². The smallest absolute Gasteiger partial charge is 0.143 e. The molecule has 0 fully saturated rings. The van der Waals surface area contributed by atoms with Gasteiger partial charge in [-0.3, -0.25) is 0 Å². The van der Waals surface area contributed by atoms with Crippen LogP contribution in [0.3, 0.4) is 0 Å². The average molecular weight is 714 g/mol. The van der Waals surface area contributed by atoms with E-state index in [9.17, 15) is 0 Å². The molecule has 0 saturated heterocycles. The molecule has 0 bridgehead atoms. The van der Waals surface area contributed by atoms with Crippen LogP contribution in [0.4, 0.5) is 17.1 Å². The molecule has 0 saturated carbocycles. The van der Waals surface area contributed by atoms with E-state index in [0.29, 0.717) is 0 Å². The average Bonchev–Trinajstić information content (AvgIpc) is 3.66. The molecule has 2 nitrogen and oxygen atoms in total. The predicted octanol–water partition coefficient (Wildman–Crippen LogP) is 15.5. The van der Waals surface area contributed by atoms with Crippen molar-refractivity contribution in [1.82, 2.24) is 0 Å². The van der Waals surface area contributed by atoms with Crippen molar-refractivity contribution in [2.45, 2.75) is 0 Å². The number of furan rings is 1. The van der Waals surface area contributed by atoms with Crippen molar-refractivity contribution in [2.75, 3.05) is 4.90 Å². The van der Waals surface area contributed by atoms with Crippen LogP contribution in [-0.4, -0.2) is 0 Å². The van der Waals surface area contributed by atoms with E-state index in [1.807, 2.05) is 12.1 Å². The van der Waals surface area contributed by atoms with E-state index < -0.39 is 0 Å². The number of hydrogen-bond donors (Lipinski definition) is 0. The summed E-state index contributed by atoms with van der Waals surface area (Å²) in [5.41, 5.74) is 12.0. The number of hydrogen-bond acceptors (Lipinski definition) is 2. The van der Waals surface area contributed by atoms with Gasteiger partial charge < -0.3 is 9.32 Å². The molecule has 0 aliphatic carbocycles. The summed E-state index contributed by atoms with van der Waals surface area (Å²) in [5, 5.41) is 9.77. The minimum atomic E-state index is 0.906. The molecule has 0 aliphatic rings. The van der Waals surface area contributed by atoms with Crippen LogP contribution in [0.2, 0.25) is 0 Å². The van der Waals surface area contributed by atoms with E-state index >= 15 is 0 Å².